The Bertz CT molecular complexity index is 426. The van der Waals surface area contributed by atoms with Gasteiger partial charge in [0.15, 0.2) is 0 Å². The number of aryl methyl sites for hydroxylation is 1. The van der Waals surface area contributed by atoms with E-state index in [9.17, 15) is 0 Å². The number of hydrogen-bond acceptors (Lipinski definition) is 3. The van der Waals surface area contributed by atoms with E-state index in [2.05, 4.69) is 34.8 Å². The Morgan fingerprint density at radius 1 is 1.10 bits per heavy atom. The molecule has 1 aliphatic rings. The van der Waals surface area contributed by atoms with Crippen molar-refractivity contribution in [2.75, 3.05) is 12.4 Å². The first-order chi connectivity index (χ1) is 9.76. The van der Waals surface area contributed by atoms with Gasteiger partial charge in [0.25, 0.3) is 0 Å². The molecule has 2 rings (SSSR count). The van der Waals surface area contributed by atoms with Crippen molar-refractivity contribution in [3.8, 4) is 0 Å². The van der Waals surface area contributed by atoms with Crippen LogP contribution >= 0.6 is 22.6 Å². The van der Waals surface area contributed by atoms with Gasteiger partial charge in [-0.25, -0.2) is 9.97 Å². The van der Waals surface area contributed by atoms with Crippen LogP contribution in [0.2, 0.25) is 0 Å². The highest BCUT2D eigenvalue weighted by Gasteiger charge is 2.19. The van der Waals surface area contributed by atoms with Gasteiger partial charge in [0.2, 0.25) is 0 Å². The Kier molecular flexibility index (Phi) is 6.52. The molecular formula is C16H26IN3. The van der Waals surface area contributed by atoms with E-state index in [4.69, 9.17) is 9.97 Å². The lowest BCUT2D eigenvalue weighted by atomic mass is 9.90. The maximum atomic E-state index is 4.91. The second-order valence-electron chi connectivity index (χ2n) is 5.73. The van der Waals surface area contributed by atoms with Crippen molar-refractivity contribution in [1.29, 1.82) is 0 Å². The summed E-state index contributed by atoms with van der Waals surface area (Å²) in [6, 6.07) is 0. The maximum absolute atomic E-state index is 4.91. The van der Waals surface area contributed by atoms with Crippen molar-refractivity contribution < 1.29 is 0 Å². The molecule has 1 heterocycles. The van der Waals surface area contributed by atoms with Crippen LogP contribution < -0.4 is 5.32 Å². The normalized spacial score (nSPS) is 17.6. The van der Waals surface area contributed by atoms with Crippen molar-refractivity contribution in [1.82, 2.24) is 9.97 Å². The molecule has 1 aromatic heterocycles. The van der Waals surface area contributed by atoms with Gasteiger partial charge in [-0.15, -0.1) is 0 Å². The third-order valence-electron chi connectivity index (χ3n) is 4.13. The zero-order valence-corrected chi connectivity index (χ0v) is 14.9. The third kappa shape index (κ3) is 4.06. The van der Waals surface area contributed by atoms with Crippen molar-refractivity contribution in [2.24, 2.45) is 0 Å². The summed E-state index contributed by atoms with van der Waals surface area (Å²) in [7, 11) is 1.96. The predicted octanol–water partition coefficient (Wildman–Crippen LogP) is 4.90. The van der Waals surface area contributed by atoms with Crippen molar-refractivity contribution in [3.05, 3.63) is 15.1 Å². The largest absolute Gasteiger partial charge is 0.372 e. The maximum Gasteiger partial charge on any atom is 0.143 e. The summed E-state index contributed by atoms with van der Waals surface area (Å²) in [6.07, 6.45) is 11.5. The fourth-order valence-electron chi connectivity index (χ4n) is 2.98. The summed E-state index contributed by atoms with van der Waals surface area (Å²) >= 11 is 2.38. The monoisotopic (exact) mass is 387 g/mol. The summed E-state index contributed by atoms with van der Waals surface area (Å²) in [5, 5.41) is 3.24. The molecule has 20 heavy (non-hydrogen) atoms. The van der Waals surface area contributed by atoms with Crippen LogP contribution in [0.25, 0.3) is 0 Å². The highest BCUT2D eigenvalue weighted by atomic mass is 127. The Balaban J connectivity index is 2.26. The predicted molar refractivity (Wildman–Crippen MR) is 93.4 cm³/mol. The zero-order valence-electron chi connectivity index (χ0n) is 12.7. The molecule has 0 radical (unpaired) electrons. The topological polar surface area (TPSA) is 37.8 Å². The summed E-state index contributed by atoms with van der Waals surface area (Å²) < 4.78 is 1.20. The van der Waals surface area contributed by atoms with E-state index in [-0.39, 0.29) is 0 Å². The van der Waals surface area contributed by atoms with Crippen molar-refractivity contribution >= 4 is 28.4 Å². The number of nitrogens with zero attached hydrogens (tertiary/aromatic N) is 2. The van der Waals surface area contributed by atoms with Crippen LogP contribution in [0.15, 0.2) is 0 Å². The van der Waals surface area contributed by atoms with Crippen LogP contribution in [0.3, 0.4) is 0 Å². The second kappa shape index (κ2) is 8.15. The smallest absolute Gasteiger partial charge is 0.143 e. The fraction of sp³-hybridized carbons (Fsp3) is 0.750. The van der Waals surface area contributed by atoms with Gasteiger partial charge < -0.3 is 5.32 Å². The molecule has 0 aliphatic heterocycles. The molecule has 1 saturated carbocycles. The number of rotatable bonds is 4. The van der Waals surface area contributed by atoms with E-state index >= 15 is 0 Å². The van der Waals surface area contributed by atoms with Gasteiger partial charge in [0.1, 0.15) is 11.6 Å². The van der Waals surface area contributed by atoms with Crippen LogP contribution in [-0.2, 0) is 6.42 Å². The number of aromatic nitrogens is 2. The zero-order chi connectivity index (χ0) is 14.4. The first-order valence-electron chi connectivity index (χ1n) is 8.00. The Labute approximate surface area is 136 Å². The van der Waals surface area contributed by atoms with E-state index in [0.717, 1.165) is 24.5 Å². The molecule has 0 unspecified atom stereocenters. The molecule has 1 N–H and O–H groups in total. The first kappa shape index (κ1) is 16.0. The molecule has 0 amide bonds. The summed E-state index contributed by atoms with van der Waals surface area (Å²) in [4.78, 5) is 9.71. The molecule has 4 heteroatoms. The molecule has 0 aromatic carbocycles. The Morgan fingerprint density at radius 2 is 1.75 bits per heavy atom. The molecule has 0 bridgehead atoms. The molecule has 1 fully saturated rings. The summed E-state index contributed by atoms with van der Waals surface area (Å²) in [5.74, 6) is 2.66. The van der Waals surface area contributed by atoms with Gasteiger partial charge in [-0.2, -0.15) is 0 Å². The molecule has 112 valence electrons. The molecular weight excluding hydrogens is 361 g/mol. The van der Waals surface area contributed by atoms with Crippen LogP contribution in [0.5, 0.6) is 0 Å². The van der Waals surface area contributed by atoms with Crippen LogP contribution in [-0.4, -0.2) is 17.0 Å². The number of anilines is 1. The molecule has 1 aliphatic carbocycles. The lowest BCUT2D eigenvalue weighted by Crippen LogP contribution is -2.12. The first-order valence-corrected chi connectivity index (χ1v) is 9.08. The molecule has 3 nitrogen and oxygen atoms in total. The minimum atomic E-state index is 0.565. The highest BCUT2D eigenvalue weighted by molar-refractivity contribution is 14.1. The molecule has 1 aromatic rings. The van der Waals surface area contributed by atoms with Crippen molar-refractivity contribution in [3.63, 3.8) is 0 Å². The number of hydrogen-bond donors (Lipinski definition) is 1. The quantitative estimate of drug-likeness (QED) is 0.747. The Morgan fingerprint density at radius 3 is 2.35 bits per heavy atom. The molecule has 0 saturated heterocycles. The lowest BCUT2D eigenvalue weighted by molar-refractivity contribution is 0.441. The minimum absolute atomic E-state index is 0.565. The summed E-state index contributed by atoms with van der Waals surface area (Å²) in [5.41, 5.74) is 1.23. The van der Waals surface area contributed by atoms with Gasteiger partial charge in [-0.1, -0.05) is 45.4 Å². The number of halogens is 1. The van der Waals surface area contributed by atoms with E-state index < -0.39 is 0 Å². The van der Waals surface area contributed by atoms with Gasteiger partial charge in [-0.05, 0) is 41.9 Å². The van der Waals surface area contributed by atoms with Crippen LogP contribution in [0, 0.1) is 3.57 Å². The average Bonchev–Trinajstić information content (AvgIpc) is 2.41. The van der Waals surface area contributed by atoms with Crippen molar-refractivity contribution in [2.45, 2.75) is 70.6 Å². The lowest BCUT2D eigenvalue weighted by Gasteiger charge is -2.20. The molecule has 0 spiro atoms. The second-order valence-corrected chi connectivity index (χ2v) is 6.81. The third-order valence-corrected chi connectivity index (χ3v) is 5.26. The minimum Gasteiger partial charge on any atom is -0.372 e. The van der Waals surface area contributed by atoms with Gasteiger partial charge in [0, 0.05) is 13.0 Å². The van der Waals surface area contributed by atoms with E-state index in [1.807, 2.05) is 7.05 Å². The van der Waals surface area contributed by atoms with Crippen LogP contribution in [0.4, 0.5) is 5.82 Å². The van der Waals surface area contributed by atoms with Gasteiger partial charge in [-0.3, -0.25) is 0 Å². The molecule has 0 atom stereocenters. The highest BCUT2D eigenvalue weighted by Crippen LogP contribution is 2.31. The number of nitrogens with one attached hydrogen (secondary N) is 1. The fourth-order valence-corrected chi connectivity index (χ4v) is 3.76. The van der Waals surface area contributed by atoms with E-state index in [0.29, 0.717) is 5.92 Å². The van der Waals surface area contributed by atoms with Gasteiger partial charge in [0.05, 0.1) is 9.26 Å². The van der Waals surface area contributed by atoms with E-state index in [1.165, 1.54) is 54.2 Å². The summed E-state index contributed by atoms with van der Waals surface area (Å²) in [6.45, 7) is 2.22. The van der Waals surface area contributed by atoms with E-state index in [1.54, 1.807) is 0 Å². The Hall–Kier alpha value is -0.390. The standard InChI is InChI=1S/C16H26IN3/c1-3-9-13-14(17)16(18-2)20-15(19-13)12-10-7-5-4-6-8-11-12/h12H,3-11H2,1-2H3,(H,18,19,20). The average molecular weight is 387 g/mol. The van der Waals surface area contributed by atoms with Gasteiger partial charge >= 0.3 is 0 Å². The SMILES string of the molecule is CCCc1nc(C2CCCCCCC2)nc(NC)c1I. The van der Waals surface area contributed by atoms with Crippen LogP contribution in [0.1, 0.15) is 75.7 Å².